The van der Waals surface area contributed by atoms with Crippen LogP contribution in [0.2, 0.25) is 0 Å². The number of methoxy groups -OCH3 is 1. The van der Waals surface area contributed by atoms with Gasteiger partial charge in [-0.15, -0.1) is 0 Å². The van der Waals surface area contributed by atoms with Gasteiger partial charge in [0, 0.05) is 39.3 Å². The highest BCUT2D eigenvalue weighted by Gasteiger charge is 2.22. The van der Waals surface area contributed by atoms with Gasteiger partial charge in [0.25, 0.3) is 0 Å². The van der Waals surface area contributed by atoms with Gasteiger partial charge in [-0.2, -0.15) is 0 Å². The maximum Gasteiger partial charge on any atom is 0.0765 e. The smallest absolute Gasteiger partial charge is 0.0765 e. The molecule has 0 aromatic heterocycles. The normalized spacial score (nSPS) is 25.8. The van der Waals surface area contributed by atoms with Crippen molar-refractivity contribution in [2.24, 2.45) is 0 Å². The highest BCUT2D eigenvalue weighted by atomic mass is 16.5. The van der Waals surface area contributed by atoms with Crippen molar-refractivity contribution in [3.05, 3.63) is 0 Å². The van der Waals surface area contributed by atoms with Crippen LogP contribution in [0.3, 0.4) is 0 Å². The Bertz CT molecular complexity index is 210. The Hall–Kier alpha value is -0.160. The Morgan fingerprint density at radius 1 is 1.47 bits per heavy atom. The van der Waals surface area contributed by atoms with Gasteiger partial charge in [0.1, 0.15) is 0 Å². The van der Waals surface area contributed by atoms with E-state index in [1.54, 1.807) is 7.11 Å². The number of likely N-dealkylation sites (N-methyl/N-ethyl adjacent to an activating group) is 1. The molecule has 1 saturated heterocycles. The second-order valence-corrected chi connectivity index (χ2v) is 5.50. The number of nitrogens with zero attached hydrogens (tertiary/aromatic N) is 1. The van der Waals surface area contributed by atoms with Gasteiger partial charge in [-0.3, -0.25) is 0 Å². The quantitative estimate of drug-likeness (QED) is 0.697. The number of rotatable bonds is 7. The molecule has 17 heavy (non-hydrogen) atoms. The molecule has 0 aliphatic carbocycles. The minimum absolute atomic E-state index is 0.609. The van der Waals surface area contributed by atoms with E-state index < -0.39 is 5.60 Å². The highest BCUT2D eigenvalue weighted by Crippen LogP contribution is 2.14. The summed E-state index contributed by atoms with van der Waals surface area (Å²) in [6.07, 6.45) is 4.59. The first kappa shape index (κ1) is 14.9. The minimum atomic E-state index is -0.663. The number of hydrogen-bond acceptors (Lipinski definition) is 4. The predicted molar refractivity (Wildman–Crippen MR) is 70.3 cm³/mol. The number of likely N-dealkylation sites (tertiary alicyclic amines) is 1. The average molecular weight is 244 g/mol. The monoisotopic (exact) mass is 244 g/mol. The van der Waals surface area contributed by atoms with Gasteiger partial charge in [0.05, 0.1) is 5.60 Å². The molecule has 0 saturated carbocycles. The van der Waals surface area contributed by atoms with E-state index in [-0.39, 0.29) is 0 Å². The molecule has 4 heteroatoms. The van der Waals surface area contributed by atoms with Crippen LogP contribution in [0, 0.1) is 0 Å². The first-order valence-corrected chi connectivity index (χ1v) is 6.67. The van der Waals surface area contributed by atoms with Crippen LogP contribution >= 0.6 is 0 Å². The fraction of sp³-hybridized carbons (Fsp3) is 1.00. The largest absolute Gasteiger partial charge is 0.389 e. The topological polar surface area (TPSA) is 44.7 Å². The molecule has 4 nitrogen and oxygen atoms in total. The second kappa shape index (κ2) is 7.31. The van der Waals surface area contributed by atoms with Gasteiger partial charge >= 0.3 is 0 Å². The molecule has 1 aliphatic rings. The highest BCUT2D eigenvalue weighted by molar-refractivity contribution is 4.80. The van der Waals surface area contributed by atoms with Crippen LogP contribution in [0.5, 0.6) is 0 Å². The second-order valence-electron chi connectivity index (χ2n) is 5.50. The standard InChI is InChI=1S/C13H28N2O2/c1-13(16,7-9-17-3)11-14-10-12-6-4-5-8-15(12)2/h12,14,16H,4-11H2,1-3H3. The molecule has 2 N–H and O–H groups in total. The average Bonchev–Trinajstić information content (AvgIpc) is 2.29. The van der Waals surface area contributed by atoms with Crippen LogP contribution < -0.4 is 5.32 Å². The van der Waals surface area contributed by atoms with Gasteiger partial charge in [0.15, 0.2) is 0 Å². The van der Waals surface area contributed by atoms with E-state index in [2.05, 4.69) is 17.3 Å². The maximum absolute atomic E-state index is 10.1. The van der Waals surface area contributed by atoms with Crippen molar-refractivity contribution in [1.82, 2.24) is 10.2 Å². The van der Waals surface area contributed by atoms with E-state index in [1.165, 1.54) is 25.8 Å². The van der Waals surface area contributed by atoms with Gasteiger partial charge in [0.2, 0.25) is 0 Å². The summed E-state index contributed by atoms with van der Waals surface area (Å²) in [6, 6.07) is 0.627. The molecular weight excluding hydrogens is 216 g/mol. The lowest BCUT2D eigenvalue weighted by molar-refractivity contribution is 0.0232. The van der Waals surface area contributed by atoms with Crippen molar-refractivity contribution in [2.45, 2.75) is 44.2 Å². The Labute approximate surface area is 105 Å². The summed E-state index contributed by atoms with van der Waals surface area (Å²) in [5.74, 6) is 0. The molecule has 1 heterocycles. The maximum atomic E-state index is 10.1. The van der Waals surface area contributed by atoms with E-state index in [1.807, 2.05) is 6.92 Å². The van der Waals surface area contributed by atoms with E-state index in [9.17, 15) is 5.11 Å². The molecule has 0 aromatic rings. The number of ether oxygens (including phenoxy) is 1. The van der Waals surface area contributed by atoms with E-state index in [0.717, 1.165) is 6.54 Å². The van der Waals surface area contributed by atoms with Crippen LogP contribution in [-0.2, 0) is 4.74 Å². The van der Waals surface area contributed by atoms with Crippen LogP contribution in [-0.4, -0.2) is 62.0 Å². The number of nitrogens with one attached hydrogen (secondary N) is 1. The molecule has 1 fully saturated rings. The molecule has 0 radical (unpaired) electrons. The molecule has 0 amide bonds. The van der Waals surface area contributed by atoms with Crippen LogP contribution in [0.25, 0.3) is 0 Å². The Balaban J connectivity index is 2.17. The minimum Gasteiger partial charge on any atom is -0.389 e. The number of hydrogen-bond donors (Lipinski definition) is 2. The SMILES string of the molecule is COCCC(C)(O)CNCC1CCCCN1C. The zero-order chi connectivity index (χ0) is 12.7. The van der Waals surface area contributed by atoms with Crippen molar-refractivity contribution in [3.8, 4) is 0 Å². The fourth-order valence-electron chi connectivity index (χ4n) is 2.32. The van der Waals surface area contributed by atoms with E-state index in [4.69, 9.17) is 4.74 Å². The summed E-state index contributed by atoms with van der Waals surface area (Å²) in [4.78, 5) is 2.42. The molecule has 1 rings (SSSR count). The van der Waals surface area contributed by atoms with Crippen molar-refractivity contribution >= 4 is 0 Å². The van der Waals surface area contributed by atoms with Gasteiger partial charge in [-0.05, 0) is 33.4 Å². The van der Waals surface area contributed by atoms with Gasteiger partial charge < -0.3 is 20.1 Å². The van der Waals surface area contributed by atoms with E-state index in [0.29, 0.717) is 25.6 Å². The summed E-state index contributed by atoms with van der Waals surface area (Å²) in [7, 11) is 3.86. The molecular formula is C13H28N2O2. The summed E-state index contributed by atoms with van der Waals surface area (Å²) >= 11 is 0. The first-order chi connectivity index (χ1) is 8.05. The van der Waals surface area contributed by atoms with Crippen molar-refractivity contribution < 1.29 is 9.84 Å². The predicted octanol–water partition coefficient (Wildman–Crippen LogP) is 0.848. The molecule has 0 spiro atoms. The Morgan fingerprint density at radius 3 is 2.88 bits per heavy atom. The number of piperidine rings is 1. The third-order valence-corrected chi connectivity index (χ3v) is 3.65. The lowest BCUT2D eigenvalue weighted by Crippen LogP contribution is -2.47. The molecule has 1 aliphatic heterocycles. The van der Waals surface area contributed by atoms with Gasteiger partial charge in [-0.1, -0.05) is 6.42 Å². The molecule has 0 aromatic carbocycles. The molecule has 102 valence electrons. The Kier molecular flexibility index (Phi) is 6.41. The van der Waals surface area contributed by atoms with Crippen molar-refractivity contribution in [2.75, 3.05) is 40.4 Å². The van der Waals surface area contributed by atoms with Crippen molar-refractivity contribution in [1.29, 1.82) is 0 Å². The summed E-state index contributed by atoms with van der Waals surface area (Å²) in [5.41, 5.74) is -0.663. The van der Waals surface area contributed by atoms with Crippen LogP contribution in [0.1, 0.15) is 32.6 Å². The lowest BCUT2D eigenvalue weighted by atomic mass is 10.0. The van der Waals surface area contributed by atoms with E-state index >= 15 is 0 Å². The lowest BCUT2D eigenvalue weighted by Gasteiger charge is -2.33. The summed E-state index contributed by atoms with van der Waals surface area (Å²) in [6.45, 7) is 5.29. The van der Waals surface area contributed by atoms with Crippen molar-refractivity contribution in [3.63, 3.8) is 0 Å². The zero-order valence-electron chi connectivity index (χ0n) is 11.5. The van der Waals surface area contributed by atoms with Gasteiger partial charge in [-0.25, -0.2) is 0 Å². The third-order valence-electron chi connectivity index (χ3n) is 3.65. The zero-order valence-corrected chi connectivity index (χ0v) is 11.5. The first-order valence-electron chi connectivity index (χ1n) is 6.67. The summed E-state index contributed by atoms with van der Waals surface area (Å²) < 4.78 is 5.00. The molecule has 2 atom stereocenters. The van der Waals surface area contributed by atoms with Crippen LogP contribution in [0.15, 0.2) is 0 Å². The number of aliphatic hydroxyl groups is 1. The molecule has 2 unspecified atom stereocenters. The molecule has 0 bridgehead atoms. The van der Waals surface area contributed by atoms with Crippen LogP contribution in [0.4, 0.5) is 0 Å². The fourth-order valence-corrected chi connectivity index (χ4v) is 2.32. The Morgan fingerprint density at radius 2 is 2.24 bits per heavy atom. The summed E-state index contributed by atoms with van der Waals surface area (Å²) in [5, 5.41) is 13.5. The third kappa shape index (κ3) is 5.82.